The van der Waals surface area contributed by atoms with E-state index in [1.807, 2.05) is 13.0 Å². The van der Waals surface area contributed by atoms with E-state index in [1.165, 1.54) is 26.5 Å². The number of esters is 1. The fourth-order valence-corrected chi connectivity index (χ4v) is 2.41. The lowest BCUT2D eigenvalue weighted by Crippen LogP contribution is -2.36. The van der Waals surface area contributed by atoms with E-state index in [1.54, 1.807) is 0 Å². The van der Waals surface area contributed by atoms with E-state index in [0.717, 1.165) is 25.1 Å². The molecule has 0 spiro atoms. The summed E-state index contributed by atoms with van der Waals surface area (Å²) in [5.41, 5.74) is 0.768. The molecule has 0 aromatic carbocycles. The lowest BCUT2D eigenvalue weighted by molar-refractivity contribution is -0.136. The number of likely N-dealkylation sites (N-methyl/N-ethyl adjacent to an activating group) is 2. The van der Waals surface area contributed by atoms with E-state index in [4.69, 9.17) is 4.74 Å². The molecule has 0 aliphatic carbocycles. The van der Waals surface area contributed by atoms with Gasteiger partial charge in [0, 0.05) is 24.7 Å². The monoisotopic (exact) mass is 254 g/mol. The molecule has 0 saturated carbocycles. The van der Waals surface area contributed by atoms with Gasteiger partial charge in [-0.2, -0.15) is 0 Å². The van der Waals surface area contributed by atoms with E-state index >= 15 is 0 Å². The molecule has 1 aliphatic rings. The molecule has 0 N–H and O–H groups in total. The molecular weight excluding hydrogens is 228 g/mol. The Morgan fingerprint density at radius 2 is 2.28 bits per heavy atom. The highest BCUT2D eigenvalue weighted by atomic mass is 16.5. The number of carbonyl (C=O) groups excluding carboxylic acids is 1. The number of nitrogens with zero attached hydrogens (tertiary/aromatic N) is 2. The molecule has 0 radical (unpaired) electrons. The normalized spacial score (nSPS) is 21.6. The lowest BCUT2D eigenvalue weighted by Gasteiger charge is -2.25. The van der Waals surface area contributed by atoms with Crippen molar-refractivity contribution >= 4 is 5.97 Å². The number of hydrogen-bond donors (Lipinski definition) is 0. The van der Waals surface area contributed by atoms with Crippen molar-refractivity contribution in [1.29, 1.82) is 0 Å². The molecule has 0 aromatic heterocycles. The zero-order chi connectivity index (χ0) is 13.5. The minimum absolute atomic E-state index is 0.205. The third-order valence-corrected chi connectivity index (χ3v) is 3.67. The second-order valence-electron chi connectivity index (χ2n) is 5.07. The summed E-state index contributed by atoms with van der Waals surface area (Å²) in [6.45, 7) is 5.05. The minimum Gasteiger partial charge on any atom is -0.466 e. The van der Waals surface area contributed by atoms with Crippen molar-refractivity contribution < 1.29 is 9.53 Å². The van der Waals surface area contributed by atoms with Crippen LogP contribution in [0, 0.1) is 0 Å². The second-order valence-corrected chi connectivity index (χ2v) is 5.07. The van der Waals surface area contributed by atoms with E-state index in [-0.39, 0.29) is 5.97 Å². The van der Waals surface area contributed by atoms with Crippen LogP contribution in [0.1, 0.15) is 26.2 Å². The molecule has 1 fully saturated rings. The largest absolute Gasteiger partial charge is 0.466 e. The van der Waals surface area contributed by atoms with Crippen LogP contribution in [0.2, 0.25) is 0 Å². The summed E-state index contributed by atoms with van der Waals surface area (Å²) >= 11 is 0. The number of hydrogen-bond acceptors (Lipinski definition) is 4. The molecule has 4 heteroatoms. The van der Waals surface area contributed by atoms with Gasteiger partial charge in [-0.15, -0.1) is 0 Å². The number of carbonyl (C=O) groups is 1. The van der Waals surface area contributed by atoms with Crippen LogP contribution in [0.3, 0.4) is 0 Å². The van der Waals surface area contributed by atoms with Gasteiger partial charge in [0.2, 0.25) is 0 Å². The molecule has 1 heterocycles. The molecule has 1 unspecified atom stereocenters. The van der Waals surface area contributed by atoms with Crippen LogP contribution in [0.4, 0.5) is 0 Å². The first kappa shape index (κ1) is 15.2. The highest BCUT2D eigenvalue weighted by Gasteiger charge is 2.21. The van der Waals surface area contributed by atoms with Crippen LogP contribution in [-0.2, 0) is 9.53 Å². The number of likely N-dealkylation sites (tertiary alicyclic amines) is 1. The van der Waals surface area contributed by atoms with Gasteiger partial charge in [0.05, 0.1) is 7.11 Å². The van der Waals surface area contributed by atoms with Gasteiger partial charge in [-0.05, 0) is 39.9 Å². The van der Waals surface area contributed by atoms with Crippen molar-refractivity contribution in [2.45, 2.75) is 32.2 Å². The zero-order valence-corrected chi connectivity index (χ0v) is 12.1. The van der Waals surface area contributed by atoms with Crippen molar-refractivity contribution in [3.8, 4) is 0 Å². The maximum atomic E-state index is 11.4. The van der Waals surface area contributed by atoms with Crippen molar-refractivity contribution in [3.63, 3.8) is 0 Å². The maximum Gasteiger partial charge on any atom is 0.333 e. The van der Waals surface area contributed by atoms with Crippen LogP contribution < -0.4 is 0 Å². The van der Waals surface area contributed by atoms with Crippen LogP contribution in [0.5, 0.6) is 0 Å². The summed E-state index contributed by atoms with van der Waals surface area (Å²) in [4.78, 5) is 16.1. The SMILES string of the molecule is CC/C(=C\CN(C)CC1CCCN1C)C(=O)OC. The second kappa shape index (κ2) is 7.54. The number of ether oxygens (including phenoxy) is 1. The molecule has 1 atom stereocenters. The van der Waals surface area contributed by atoms with Gasteiger partial charge in [-0.1, -0.05) is 13.0 Å². The van der Waals surface area contributed by atoms with E-state index in [2.05, 4.69) is 23.9 Å². The average molecular weight is 254 g/mol. The van der Waals surface area contributed by atoms with E-state index in [9.17, 15) is 4.79 Å². The quantitative estimate of drug-likeness (QED) is 0.531. The minimum atomic E-state index is -0.205. The van der Waals surface area contributed by atoms with Crippen molar-refractivity contribution in [2.24, 2.45) is 0 Å². The van der Waals surface area contributed by atoms with Gasteiger partial charge in [-0.25, -0.2) is 4.79 Å². The Hall–Kier alpha value is -0.870. The first-order valence-corrected chi connectivity index (χ1v) is 6.74. The Kier molecular flexibility index (Phi) is 6.36. The van der Waals surface area contributed by atoms with Gasteiger partial charge >= 0.3 is 5.97 Å². The molecule has 0 aromatic rings. The third-order valence-electron chi connectivity index (χ3n) is 3.67. The topological polar surface area (TPSA) is 32.8 Å². The number of methoxy groups -OCH3 is 1. The summed E-state index contributed by atoms with van der Waals surface area (Å²) in [7, 11) is 5.73. The summed E-state index contributed by atoms with van der Waals surface area (Å²) in [5, 5.41) is 0. The predicted molar refractivity (Wildman–Crippen MR) is 73.5 cm³/mol. The molecule has 0 bridgehead atoms. The van der Waals surface area contributed by atoms with E-state index < -0.39 is 0 Å². The first-order chi connectivity index (χ1) is 8.58. The standard InChI is InChI=1S/C14H26N2O2/c1-5-12(14(17)18-4)8-10-15(2)11-13-7-6-9-16(13)3/h8,13H,5-7,9-11H2,1-4H3/b12-8+. The van der Waals surface area contributed by atoms with Crippen molar-refractivity contribution in [2.75, 3.05) is 40.8 Å². The Morgan fingerprint density at radius 1 is 1.56 bits per heavy atom. The molecule has 4 nitrogen and oxygen atoms in total. The van der Waals surface area contributed by atoms with Crippen LogP contribution in [0.15, 0.2) is 11.6 Å². The highest BCUT2D eigenvalue weighted by molar-refractivity contribution is 5.88. The van der Waals surface area contributed by atoms with Crippen molar-refractivity contribution in [1.82, 2.24) is 9.80 Å². The third kappa shape index (κ3) is 4.42. The van der Waals surface area contributed by atoms with Gasteiger partial charge in [0.1, 0.15) is 0 Å². The van der Waals surface area contributed by atoms with Crippen molar-refractivity contribution in [3.05, 3.63) is 11.6 Å². The molecule has 0 amide bonds. The summed E-state index contributed by atoms with van der Waals surface area (Å²) < 4.78 is 4.75. The fourth-order valence-electron chi connectivity index (χ4n) is 2.41. The zero-order valence-electron chi connectivity index (χ0n) is 12.1. The maximum absolute atomic E-state index is 11.4. The molecule has 18 heavy (non-hydrogen) atoms. The van der Waals surface area contributed by atoms with Crippen LogP contribution in [0.25, 0.3) is 0 Å². The predicted octanol–water partition coefficient (Wildman–Crippen LogP) is 1.52. The fraction of sp³-hybridized carbons (Fsp3) is 0.786. The molecule has 104 valence electrons. The van der Waals surface area contributed by atoms with Crippen LogP contribution >= 0.6 is 0 Å². The van der Waals surface area contributed by atoms with Gasteiger partial charge in [0.25, 0.3) is 0 Å². The first-order valence-electron chi connectivity index (χ1n) is 6.74. The van der Waals surface area contributed by atoms with Gasteiger partial charge in [0.15, 0.2) is 0 Å². The van der Waals surface area contributed by atoms with Crippen LogP contribution in [-0.4, -0.2) is 62.7 Å². The summed E-state index contributed by atoms with van der Waals surface area (Å²) in [5.74, 6) is -0.205. The Morgan fingerprint density at radius 3 is 2.78 bits per heavy atom. The molecular formula is C14H26N2O2. The molecule has 1 aliphatic heterocycles. The average Bonchev–Trinajstić information content (AvgIpc) is 2.75. The van der Waals surface area contributed by atoms with E-state index in [0.29, 0.717) is 6.04 Å². The van der Waals surface area contributed by atoms with Gasteiger partial charge in [-0.3, -0.25) is 0 Å². The number of rotatable bonds is 6. The van der Waals surface area contributed by atoms with Gasteiger partial charge < -0.3 is 14.5 Å². The molecule has 1 saturated heterocycles. The summed E-state index contributed by atoms with van der Waals surface area (Å²) in [6.07, 6.45) is 5.29. The Balaban J connectivity index is 2.41. The Bertz CT molecular complexity index is 302. The molecule has 1 rings (SSSR count). The highest BCUT2D eigenvalue weighted by Crippen LogP contribution is 2.15. The Labute approximate surface area is 111 Å². The summed E-state index contributed by atoms with van der Waals surface area (Å²) in [6, 6.07) is 0.659. The smallest absolute Gasteiger partial charge is 0.333 e. The lowest BCUT2D eigenvalue weighted by atomic mass is 10.2.